The van der Waals surface area contributed by atoms with Gasteiger partial charge in [-0.3, -0.25) is 0 Å². The zero-order valence-corrected chi connectivity index (χ0v) is 40.3. The number of furan rings is 3. The van der Waals surface area contributed by atoms with E-state index in [4.69, 9.17) is 13.3 Å². The molecule has 3 heterocycles. The highest BCUT2D eigenvalue weighted by Crippen LogP contribution is 2.49. The van der Waals surface area contributed by atoms with Crippen LogP contribution in [0, 0.1) is 0 Å². The van der Waals surface area contributed by atoms with Gasteiger partial charge in [0.2, 0.25) is 0 Å². The second-order valence-corrected chi connectivity index (χ2v) is 20.2. The van der Waals surface area contributed by atoms with E-state index < -0.39 is 0 Å². The minimum atomic E-state index is 0.862. The van der Waals surface area contributed by atoms with Gasteiger partial charge in [0.25, 0.3) is 0 Å². The van der Waals surface area contributed by atoms with Crippen molar-refractivity contribution in [2.45, 2.75) is 0 Å². The van der Waals surface area contributed by atoms with Crippen LogP contribution in [0.5, 0.6) is 0 Å². The maximum atomic E-state index is 6.84. The Kier molecular flexibility index (Phi) is 8.28. The maximum Gasteiger partial charge on any atom is 0.136 e. The molecule has 17 aromatic rings. The summed E-state index contributed by atoms with van der Waals surface area (Å²) < 4.78 is 19.8. The van der Waals surface area contributed by atoms with Gasteiger partial charge >= 0.3 is 0 Å². The zero-order chi connectivity index (χ0) is 48.9. The number of hydrogen-bond acceptors (Lipinski definition) is 3. The molecule has 0 saturated heterocycles. The van der Waals surface area contributed by atoms with E-state index in [2.05, 4.69) is 243 Å². The molecule has 3 heteroatoms. The molecule has 14 aromatic carbocycles. The highest BCUT2D eigenvalue weighted by molar-refractivity contribution is 6.27. The largest absolute Gasteiger partial charge is 0.456 e. The first-order valence-electron chi connectivity index (χ1n) is 25.7. The van der Waals surface area contributed by atoms with E-state index in [0.29, 0.717) is 0 Å². The monoisotopic (exact) mass is 952 g/mol. The summed E-state index contributed by atoms with van der Waals surface area (Å²) in [4.78, 5) is 0. The summed E-state index contributed by atoms with van der Waals surface area (Å²) in [5.41, 5.74) is 14.8. The molecule has 0 radical (unpaired) electrons. The highest BCUT2D eigenvalue weighted by Gasteiger charge is 2.22. The fourth-order valence-electron chi connectivity index (χ4n) is 13.0. The summed E-state index contributed by atoms with van der Waals surface area (Å²) >= 11 is 0. The summed E-state index contributed by atoms with van der Waals surface area (Å²) in [6, 6.07) is 88.1. The summed E-state index contributed by atoms with van der Waals surface area (Å²) in [6.07, 6.45) is 0. The smallest absolute Gasteiger partial charge is 0.136 e. The minimum Gasteiger partial charge on any atom is -0.456 e. The number of benzene rings is 14. The molecule has 346 valence electrons. The molecule has 0 aliphatic carbocycles. The Morgan fingerprint density at radius 1 is 0.173 bits per heavy atom. The summed E-state index contributed by atoms with van der Waals surface area (Å²) in [6.45, 7) is 0. The average molecular weight is 953 g/mol. The van der Waals surface area contributed by atoms with E-state index in [1.807, 2.05) is 0 Å². The molecular formula is C72H40O3. The van der Waals surface area contributed by atoms with Crippen LogP contribution in [0.1, 0.15) is 0 Å². The van der Waals surface area contributed by atoms with Gasteiger partial charge < -0.3 is 13.3 Å². The zero-order valence-electron chi connectivity index (χ0n) is 40.3. The first-order valence-corrected chi connectivity index (χ1v) is 25.7. The molecule has 0 fully saturated rings. The Labute approximate surface area is 428 Å². The van der Waals surface area contributed by atoms with Crippen LogP contribution in [-0.4, -0.2) is 0 Å². The third-order valence-corrected chi connectivity index (χ3v) is 16.2. The van der Waals surface area contributed by atoms with Gasteiger partial charge in [-0.2, -0.15) is 0 Å². The standard InChI is InChI=1S/C72H40O3/c1-3-15-47-41(13-1)26-35-64-71(47)59-38-44(29-33-62(59)73-64)68-52-19-7-5-17-50(52)67(51-18-6-8-20-53(51)68)43-28-32-61-58(37-43)49-31-25-46(40-66(49)75-61)70-56-23-11-9-21-54(56)69(55-22-10-12-24-57(55)70)45-30-34-63-60(39-45)72-48-16-4-2-14-42(48)27-36-65(72)74-63/h1-40H. The lowest BCUT2D eigenvalue weighted by atomic mass is 9.85. The molecule has 3 aromatic heterocycles. The quantitative estimate of drug-likeness (QED) is 0.165. The van der Waals surface area contributed by atoms with Crippen molar-refractivity contribution in [2.75, 3.05) is 0 Å². The van der Waals surface area contributed by atoms with Crippen LogP contribution in [0.2, 0.25) is 0 Å². The fraction of sp³-hybridized carbons (Fsp3) is 0. The van der Waals surface area contributed by atoms with E-state index in [-0.39, 0.29) is 0 Å². The van der Waals surface area contributed by atoms with Crippen LogP contribution in [-0.2, 0) is 0 Å². The Bertz CT molecular complexity index is 5200. The second kappa shape index (κ2) is 15.3. The molecular weight excluding hydrogens is 913 g/mol. The molecule has 0 aliphatic heterocycles. The average Bonchev–Trinajstić information content (AvgIpc) is 4.17. The SMILES string of the molecule is c1ccc2c(c1)ccc1oc3ccc(-c4c5ccccc5c(-c5ccc6c(c5)oc5ccc(-c7c8ccccc8c(-c8ccc9oc%10ccc%11ccccc%11c%10c9c8)c8ccccc78)cc56)c5ccccc45)cc3c12. The van der Waals surface area contributed by atoms with Gasteiger partial charge in [-0.1, -0.05) is 182 Å². The lowest BCUT2D eigenvalue weighted by Crippen LogP contribution is -1.91. The fourth-order valence-corrected chi connectivity index (χ4v) is 13.0. The Hall–Kier alpha value is -9.96. The number of hydrogen-bond donors (Lipinski definition) is 0. The van der Waals surface area contributed by atoms with Gasteiger partial charge in [-0.15, -0.1) is 0 Å². The van der Waals surface area contributed by atoms with Crippen molar-refractivity contribution in [1.29, 1.82) is 0 Å². The lowest BCUT2D eigenvalue weighted by molar-refractivity contribution is 0.669. The van der Waals surface area contributed by atoms with Gasteiger partial charge in [0.05, 0.1) is 0 Å². The van der Waals surface area contributed by atoms with E-state index >= 15 is 0 Å². The molecule has 0 saturated carbocycles. The molecule has 17 rings (SSSR count). The van der Waals surface area contributed by atoms with Crippen LogP contribution >= 0.6 is 0 Å². The Morgan fingerprint density at radius 2 is 0.467 bits per heavy atom. The van der Waals surface area contributed by atoms with Gasteiger partial charge in [-0.05, 0) is 170 Å². The topological polar surface area (TPSA) is 39.4 Å². The molecule has 0 spiro atoms. The first-order chi connectivity index (χ1) is 37.2. The van der Waals surface area contributed by atoms with Crippen LogP contribution in [0.15, 0.2) is 256 Å². The highest BCUT2D eigenvalue weighted by atomic mass is 16.3. The van der Waals surface area contributed by atoms with E-state index in [1.165, 1.54) is 86.9 Å². The molecule has 75 heavy (non-hydrogen) atoms. The Balaban J connectivity index is 0.822. The van der Waals surface area contributed by atoms with Crippen LogP contribution in [0.4, 0.5) is 0 Å². The van der Waals surface area contributed by atoms with Crippen molar-refractivity contribution in [3.8, 4) is 44.5 Å². The molecule has 0 N–H and O–H groups in total. The molecule has 0 bridgehead atoms. The molecule has 0 atom stereocenters. The first kappa shape index (κ1) is 40.6. The predicted molar refractivity (Wildman–Crippen MR) is 315 cm³/mol. The molecule has 0 aliphatic rings. The molecule has 0 amide bonds. The Morgan fingerprint density at radius 3 is 0.867 bits per heavy atom. The van der Waals surface area contributed by atoms with Crippen molar-refractivity contribution >= 4 is 130 Å². The minimum absolute atomic E-state index is 0.862. The van der Waals surface area contributed by atoms with Gasteiger partial charge in [0.15, 0.2) is 0 Å². The molecule has 0 unspecified atom stereocenters. The number of fused-ring (bicyclic) bond motifs is 17. The van der Waals surface area contributed by atoms with Crippen LogP contribution < -0.4 is 0 Å². The van der Waals surface area contributed by atoms with Crippen molar-refractivity contribution in [1.82, 2.24) is 0 Å². The number of rotatable bonds is 4. The van der Waals surface area contributed by atoms with Gasteiger partial charge in [0.1, 0.15) is 33.5 Å². The van der Waals surface area contributed by atoms with Gasteiger partial charge in [-0.25, -0.2) is 0 Å². The van der Waals surface area contributed by atoms with E-state index in [9.17, 15) is 0 Å². The lowest BCUT2D eigenvalue weighted by Gasteiger charge is -2.18. The van der Waals surface area contributed by atoms with Crippen molar-refractivity contribution < 1.29 is 13.3 Å². The van der Waals surface area contributed by atoms with E-state index in [1.54, 1.807) is 0 Å². The summed E-state index contributed by atoms with van der Waals surface area (Å²) in [5.74, 6) is 0. The normalized spacial score (nSPS) is 12.3. The summed E-state index contributed by atoms with van der Waals surface area (Å²) in [5, 5.41) is 21.2. The van der Waals surface area contributed by atoms with Gasteiger partial charge in [0, 0.05) is 32.3 Å². The predicted octanol–water partition coefficient (Wildman–Crippen LogP) is 21.0. The van der Waals surface area contributed by atoms with Crippen molar-refractivity contribution in [3.63, 3.8) is 0 Å². The summed E-state index contributed by atoms with van der Waals surface area (Å²) in [7, 11) is 0. The van der Waals surface area contributed by atoms with Crippen LogP contribution in [0.3, 0.4) is 0 Å². The third kappa shape index (κ3) is 5.81. The van der Waals surface area contributed by atoms with Crippen molar-refractivity contribution in [3.05, 3.63) is 243 Å². The maximum absolute atomic E-state index is 6.84. The van der Waals surface area contributed by atoms with Crippen molar-refractivity contribution in [2.24, 2.45) is 0 Å². The molecule has 3 nitrogen and oxygen atoms in total. The van der Waals surface area contributed by atoms with E-state index in [0.717, 1.165) is 88.1 Å². The van der Waals surface area contributed by atoms with Crippen LogP contribution in [0.25, 0.3) is 175 Å². The third-order valence-electron chi connectivity index (χ3n) is 16.2. The second-order valence-electron chi connectivity index (χ2n) is 20.2.